The largest absolute Gasteiger partial charge is 0.483 e. The molecule has 0 aromatic heterocycles. The number of likely N-dealkylation sites (tertiary alicyclic amines) is 2. The monoisotopic (exact) mass is 348 g/mol. The Kier molecular flexibility index (Phi) is 8.94. The number of aliphatic hydroxyl groups is 1. The van der Waals surface area contributed by atoms with Crippen LogP contribution in [-0.4, -0.2) is 71.9 Å². The third-order valence-corrected chi connectivity index (χ3v) is 5.32. The number of carbonyl (C=O) groups is 1. The summed E-state index contributed by atoms with van der Waals surface area (Å²) < 4.78 is 0. The van der Waals surface area contributed by atoms with Gasteiger partial charge in [-0.2, -0.15) is 0 Å². The summed E-state index contributed by atoms with van der Waals surface area (Å²) in [4.78, 5) is 13.4. The normalized spacial score (nSPS) is 25.5. The molecule has 0 amide bonds. The Morgan fingerprint density at radius 2 is 1.56 bits per heavy atom. The number of aliphatic hydroxyl groups excluding tert-OH is 1. The summed E-state index contributed by atoms with van der Waals surface area (Å²) in [5.41, 5.74) is 1.29. The first-order valence-corrected chi connectivity index (χ1v) is 9.50. The smallest absolute Gasteiger partial charge is 0.290 e. The van der Waals surface area contributed by atoms with E-state index in [2.05, 4.69) is 34.1 Å². The number of nitrogens with zero attached hydrogens (tertiary/aromatic N) is 2. The molecule has 0 aliphatic carbocycles. The van der Waals surface area contributed by atoms with E-state index in [0.29, 0.717) is 5.92 Å². The second-order valence-electron chi connectivity index (χ2n) is 7.04. The van der Waals surface area contributed by atoms with Crippen LogP contribution in [0.25, 0.3) is 0 Å². The predicted molar refractivity (Wildman–Crippen MR) is 99.8 cm³/mol. The minimum Gasteiger partial charge on any atom is -0.483 e. The molecular formula is C20H32N2O3. The van der Waals surface area contributed by atoms with Crippen molar-refractivity contribution in [1.82, 2.24) is 9.80 Å². The maximum atomic E-state index is 10.5. The molecule has 140 valence electrons. The Labute approximate surface area is 151 Å². The van der Waals surface area contributed by atoms with Crippen LogP contribution in [0.4, 0.5) is 0 Å². The lowest BCUT2D eigenvalue weighted by Crippen LogP contribution is -2.45. The van der Waals surface area contributed by atoms with E-state index in [0.717, 1.165) is 26.1 Å². The third-order valence-electron chi connectivity index (χ3n) is 5.32. The molecule has 5 heteroatoms. The molecule has 2 saturated heterocycles. The Bertz CT molecular complexity index is 475. The van der Waals surface area contributed by atoms with Crippen molar-refractivity contribution < 1.29 is 15.0 Å². The fourth-order valence-electron chi connectivity index (χ4n) is 3.93. The predicted octanol–water partition coefficient (Wildman–Crippen LogP) is 2.41. The Morgan fingerprint density at radius 1 is 0.960 bits per heavy atom. The van der Waals surface area contributed by atoms with E-state index in [1.54, 1.807) is 0 Å². The summed E-state index contributed by atoms with van der Waals surface area (Å²) >= 11 is 0. The topological polar surface area (TPSA) is 64.0 Å². The van der Waals surface area contributed by atoms with Gasteiger partial charge in [-0.25, -0.2) is 0 Å². The highest BCUT2D eigenvalue weighted by atomic mass is 16.3. The Morgan fingerprint density at radius 3 is 2.16 bits per heavy atom. The molecule has 2 fully saturated rings. The van der Waals surface area contributed by atoms with Gasteiger partial charge in [0.1, 0.15) is 0 Å². The standard InChI is InChI=1S/C19H30N2O.CH2O2/c22-19-16-21(15-14-20-11-6-1-2-7-12-20)13-10-18(19)17-8-4-3-5-9-17;2-1-3/h3-5,8-9,18-19,22H,1-2,6-7,10-16H2;1H,(H,2,3)/t18-,19-;/m1./s1. The van der Waals surface area contributed by atoms with Crippen LogP contribution >= 0.6 is 0 Å². The van der Waals surface area contributed by atoms with Gasteiger partial charge in [-0.05, 0) is 44.5 Å². The quantitative estimate of drug-likeness (QED) is 0.818. The summed E-state index contributed by atoms with van der Waals surface area (Å²) in [6.45, 7) is 6.51. The van der Waals surface area contributed by atoms with Crippen LogP contribution in [0.1, 0.15) is 43.6 Å². The Hall–Kier alpha value is -1.43. The van der Waals surface area contributed by atoms with Crippen LogP contribution in [0, 0.1) is 0 Å². The molecule has 5 nitrogen and oxygen atoms in total. The van der Waals surface area contributed by atoms with E-state index in [4.69, 9.17) is 9.90 Å². The molecule has 2 aliphatic heterocycles. The molecule has 2 N–H and O–H groups in total. The molecular weight excluding hydrogens is 316 g/mol. The summed E-state index contributed by atoms with van der Waals surface area (Å²) in [5.74, 6) is 0.315. The highest BCUT2D eigenvalue weighted by molar-refractivity contribution is 5.32. The summed E-state index contributed by atoms with van der Waals surface area (Å²) in [5, 5.41) is 17.4. The van der Waals surface area contributed by atoms with E-state index in [9.17, 15) is 5.11 Å². The minimum atomic E-state index is -0.250. The van der Waals surface area contributed by atoms with Crippen molar-refractivity contribution in [3.8, 4) is 0 Å². The van der Waals surface area contributed by atoms with Crippen molar-refractivity contribution in [1.29, 1.82) is 0 Å². The second kappa shape index (κ2) is 11.2. The number of benzene rings is 1. The molecule has 2 atom stereocenters. The van der Waals surface area contributed by atoms with E-state index < -0.39 is 0 Å². The number of piperidine rings is 1. The van der Waals surface area contributed by atoms with Crippen molar-refractivity contribution in [3.63, 3.8) is 0 Å². The highest BCUT2D eigenvalue weighted by Gasteiger charge is 2.28. The van der Waals surface area contributed by atoms with Crippen LogP contribution in [0.2, 0.25) is 0 Å². The average Bonchev–Trinajstić information content (AvgIpc) is 2.90. The summed E-state index contributed by atoms with van der Waals surface area (Å²) in [6.07, 6.45) is 6.37. The minimum absolute atomic E-state index is 0.222. The molecule has 2 aliphatic rings. The number of rotatable bonds is 4. The number of carboxylic acid groups (broad SMARTS) is 1. The molecule has 3 rings (SSSR count). The third kappa shape index (κ3) is 6.77. The van der Waals surface area contributed by atoms with Gasteiger partial charge in [-0.3, -0.25) is 9.69 Å². The molecule has 0 saturated carbocycles. The van der Waals surface area contributed by atoms with Crippen LogP contribution < -0.4 is 0 Å². The molecule has 1 aromatic rings. The van der Waals surface area contributed by atoms with Gasteiger partial charge >= 0.3 is 0 Å². The summed E-state index contributed by atoms with van der Waals surface area (Å²) in [6, 6.07) is 10.5. The second-order valence-corrected chi connectivity index (χ2v) is 7.04. The molecule has 0 radical (unpaired) electrons. The van der Waals surface area contributed by atoms with Crippen molar-refractivity contribution in [3.05, 3.63) is 35.9 Å². The van der Waals surface area contributed by atoms with Crippen LogP contribution in [0.3, 0.4) is 0 Å². The maximum Gasteiger partial charge on any atom is 0.290 e. The van der Waals surface area contributed by atoms with Crippen molar-refractivity contribution in [2.45, 2.75) is 44.1 Å². The zero-order valence-corrected chi connectivity index (χ0v) is 15.1. The zero-order valence-electron chi connectivity index (χ0n) is 15.1. The fraction of sp³-hybridized carbons (Fsp3) is 0.650. The van der Waals surface area contributed by atoms with E-state index in [1.165, 1.54) is 50.9 Å². The number of hydrogen-bond acceptors (Lipinski definition) is 4. The number of β-amino-alcohol motifs (C(OH)–C–C–N with tert-alkyl or cyclic N) is 1. The fourth-order valence-corrected chi connectivity index (χ4v) is 3.93. The van der Waals surface area contributed by atoms with Gasteiger partial charge in [0.25, 0.3) is 6.47 Å². The lowest BCUT2D eigenvalue weighted by atomic mass is 9.87. The first-order chi connectivity index (χ1) is 12.2. The van der Waals surface area contributed by atoms with Crippen LogP contribution in [0.15, 0.2) is 30.3 Å². The van der Waals surface area contributed by atoms with Gasteiger partial charge in [0.2, 0.25) is 0 Å². The average molecular weight is 348 g/mol. The first-order valence-electron chi connectivity index (χ1n) is 9.50. The van der Waals surface area contributed by atoms with Crippen molar-refractivity contribution >= 4 is 6.47 Å². The molecule has 2 heterocycles. The van der Waals surface area contributed by atoms with E-state index >= 15 is 0 Å². The van der Waals surface area contributed by atoms with Gasteiger partial charge in [0, 0.05) is 25.6 Å². The molecule has 0 spiro atoms. The lowest BCUT2D eigenvalue weighted by molar-refractivity contribution is -0.122. The van der Waals surface area contributed by atoms with Crippen molar-refractivity contribution in [2.75, 3.05) is 39.3 Å². The number of hydrogen-bond donors (Lipinski definition) is 2. The zero-order chi connectivity index (χ0) is 17.9. The lowest BCUT2D eigenvalue weighted by Gasteiger charge is -2.37. The van der Waals surface area contributed by atoms with Gasteiger partial charge in [-0.15, -0.1) is 0 Å². The van der Waals surface area contributed by atoms with Gasteiger partial charge in [-0.1, -0.05) is 43.2 Å². The van der Waals surface area contributed by atoms with Gasteiger partial charge in [0.15, 0.2) is 0 Å². The summed E-state index contributed by atoms with van der Waals surface area (Å²) in [7, 11) is 0. The van der Waals surface area contributed by atoms with Crippen LogP contribution in [0.5, 0.6) is 0 Å². The van der Waals surface area contributed by atoms with Crippen LogP contribution in [-0.2, 0) is 4.79 Å². The molecule has 0 unspecified atom stereocenters. The van der Waals surface area contributed by atoms with E-state index in [1.807, 2.05) is 6.07 Å². The molecule has 1 aromatic carbocycles. The maximum absolute atomic E-state index is 10.5. The van der Waals surface area contributed by atoms with Gasteiger partial charge < -0.3 is 15.1 Å². The van der Waals surface area contributed by atoms with Crippen molar-refractivity contribution in [2.24, 2.45) is 0 Å². The highest BCUT2D eigenvalue weighted by Crippen LogP contribution is 2.28. The SMILES string of the molecule is O=CO.O[C@@H]1CN(CCN2CCCCCC2)CC[C@@H]1c1ccccc1. The molecule has 25 heavy (non-hydrogen) atoms. The first kappa shape index (κ1) is 19.9. The molecule has 0 bridgehead atoms. The Balaban J connectivity index is 0.000000701. The van der Waals surface area contributed by atoms with E-state index in [-0.39, 0.29) is 12.6 Å². The van der Waals surface area contributed by atoms with Gasteiger partial charge in [0.05, 0.1) is 6.10 Å².